The van der Waals surface area contributed by atoms with Gasteiger partial charge in [0.15, 0.2) is 11.7 Å². The van der Waals surface area contributed by atoms with Crippen LogP contribution in [-0.2, 0) is 21.8 Å². The Morgan fingerprint density at radius 3 is 2.26 bits per heavy atom. The molecule has 1 aromatic heterocycles. The summed E-state index contributed by atoms with van der Waals surface area (Å²) in [6.45, 7) is 24.2. The molecule has 0 saturated carbocycles. The fourth-order valence-electron chi connectivity index (χ4n) is 8.30. The van der Waals surface area contributed by atoms with E-state index < -0.39 is 0 Å². The lowest BCUT2D eigenvalue weighted by Crippen LogP contribution is -2.61. The van der Waals surface area contributed by atoms with Gasteiger partial charge in [0.25, 0.3) is 0 Å². The Kier molecular flexibility index (Phi) is 5.56. The van der Waals surface area contributed by atoms with E-state index in [0.29, 0.717) is 0 Å². The molecule has 0 fully saturated rings. The van der Waals surface area contributed by atoms with E-state index in [1.807, 2.05) is 0 Å². The first-order valence-corrected chi connectivity index (χ1v) is 14.1. The molecule has 1 aliphatic heterocycles. The van der Waals surface area contributed by atoms with Crippen LogP contribution in [0.4, 0.5) is 0 Å². The summed E-state index contributed by atoms with van der Waals surface area (Å²) >= 11 is 0. The van der Waals surface area contributed by atoms with Crippen molar-refractivity contribution >= 4 is 11.1 Å². The van der Waals surface area contributed by atoms with Crippen molar-refractivity contribution in [2.45, 2.75) is 122 Å². The van der Waals surface area contributed by atoms with Gasteiger partial charge in [-0.1, -0.05) is 87.3 Å². The smallest absolute Gasteiger partial charge is 0.189 e. The molecule has 2 aliphatic carbocycles. The molecule has 5 rings (SSSR count). The number of pyridine rings is 1. The molecular weight excluding hydrogens is 422 g/mol. The molecule has 1 nitrogen and oxygen atoms in total. The van der Waals surface area contributed by atoms with Crippen molar-refractivity contribution in [3.05, 3.63) is 76.6 Å². The Bertz CT molecular complexity index is 1230. The van der Waals surface area contributed by atoms with E-state index in [4.69, 9.17) is 6.58 Å². The molecule has 3 aliphatic rings. The second-order valence-electron chi connectivity index (χ2n) is 13.1. The molecule has 1 unspecified atom stereocenters. The van der Waals surface area contributed by atoms with Crippen LogP contribution < -0.4 is 4.57 Å². The van der Waals surface area contributed by atoms with E-state index in [0.717, 1.165) is 12.8 Å². The highest BCUT2D eigenvalue weighted by Gasteiger charge is 2.55. The van der Waals surface area contributed by atoms with E-state index in [1.165, 1.54) is 65.6 Å². The molecule has 2 aromatic rings. The maximum atomic E-state index is 4.85. The number of unbranched alkanes of at least 4 members (excludes halogenated alkanes) is 2. The molecule has 2 heterocycles. The topological polar surface area (TPSA) is 3.88 Å². The molecule has 1 heteroatoms. The zero-order valence-electron chi connectivity index (χ0n) is 23.6. The Labute approximate surface area is 214 Å². The summed E-state index contributed by atoms with van der Waals surface area (Å²) < 4.78 is 2.55. The molecule has 186 valence electrons. The molecule has 0 amide bonds. The highest BCUT2D eigenvalue weighted by Crippen LogP contribution is 2.61. The first-order valence-electron chi connectivity index (χ1n) is 14.1. The predicted octanol–water partition coefficient (Wildman–Crippen LogP) is 8.78. The molecule has 35 heavy (non-hydrogen) atoms. The van der Waals surface area contributed by atoms with Gasteiger partial charge in [0.2, 0.25) is 5.69 Å². The molecule has 0 radical (unpaired) electrons. The molecule has 0 saturated heterocycles. The van der Waals surface area contributed by atoms with Crippen molar-refractivity contribution < 1.29 is 4.57 Å². The number of nitrogens with zero attached hydrogens (tertiary/aromatic N) is 1. The molecular formula is C34H46N+. The van der Waals surface area contributed by atoms with Gasteiger partial charge < -0.3 is 0 Å². The van der Waals surface area contributed by atoms with Crippen LogP contribution in [0.15, 0.2) is 48.7 Å². The number of aromatic nitrogens is 1. The number of rotatable bonds is 6. The quantitative estimate of drug-likeness (QED) is 0.294. The van der Waals surface area contributed by atoms with Gasteiger partial charge in [-0.15, -0.1) is 0 Å². The van der Waals surface area contributed by atoms with E-state index in [2.05, 4.69) is 96.5 Å². The van der Waals surface area contributed by atoms with Gasteiger partial charge in [-0.05, 0) is 58.1 Å². The second-order valence-corrected chi connectivity index (χ2v) is 13.1. The van der Waals surface area contributed by atoms with Crippen molar-refractivity contribution in [1.29, 1.82) is 0 Å². The van der Waals surface area contributed by atoms with Crippen LogP contribution in [0.5, 0.6) is 0 Å². The SMILES string of the molecule is C=C1C2=C(c3cccc[n+]3C1(CC)CC)C(C)(C)c1cc3c(cc12)C(C)(C)CC3(C)CCCCC. The fraction of sp³-hybridized carbons (Fsp3) is 0.559. The number of hydrogen-bond donors (Lipinski definition) is 0. The van der Waals surface area contributed by atoms with Crippen LogP contribution in [0.3, 0.4) is 0 Å². The monoisotopic (exact) mass is 468 g/mol. The van der Waals surface area contributed by atoms with Crippen LogP contribution in [0.2, 0.25) is 0 Å². The molecule has 0 bridgehead atoms. The highest BCUT2D eigenvalue weighted by atomic mass is 15.1. The van der Waals surface area contributed by atoms with Gasteiger partial charge >= 0.3 is 0 Å². The minimum absolute atomic E-state index is 0.0452. The van der Waals surface area contributed by atoms with Crippen LogP contribution in [0.1, 0.15) is 128 Å². The van der Waals surface area contributed by atoms with Crippen molar-refractivity contribution in [2.24, 2.45) is 0 Å². The number of benzene rings is 1. The largest absolute Gasteiger partial charge is 0.210 e. The number of hydrogen-bond acceptors (Lipinski definition) is 0. The maximum absolute atomic E-state index is 4.85. The van der Waals surface area contributed by atoms with Gasteiger partial charge in [0.05, 0.1) is 0 Å². The van der Waals surface area contributed by atoms with E-state index in [9.17, 15) is 0 Å². The summed E-state index contributed by atoms with van der Waals surface area (Å²) in [6.07, 6.45) is 10.9. The minimum atomic E-state index is -0.0592. The predicted molar refractivity (Wildman–Crippen MR) is 150 cm³/mol. The van der Waals surface area contributed by atoms with E-state index >= 15 is 0 Å². The molecule has 1 aromatic carbocycles. The molecule has 1 atom stereocenters. The Hall–Kier alpha value is -2.15. The van der Waals surface area contributed by atoms with Crippen LogP contribution in [-0.4, -0.2) is 0 Å². The molecule has 0 spiro atoms. The van der Waals surface area contributed by atoms with Crippen molar-refractivity contribution in [1.82, 2.24) is 0 Å². The van der Waals surface area contributed by atoms with Crippen LogP contribution in [0, 0.1) is 0 Å². The minimum Gasteiger partial charge on any atom is -0.189 e. The lowest BCUT2D eigenvalue weighted by Gasteiger charge is -2.36. The average Bonchev–Trinajstić information content (AvgIpc) is 3.17. The number of fused-ring (bicyclic) bond motifs is 5. The third-order valence-corrected chi connectivity index (χ3v) is 10.1. The Morgan fingerprint density at radius 1 is 0.886 bits per heavy atom. The van der Waals surface area contributed by atoms with Gasteiger partial charge in [-0.2, -0.15) is 4.57 Å². The molecule has 0 N–H and O–H groups in total. The van der Waals surface area contributed by atoms with Gasteiger partial charge in [0, 0.05) is 47.1 Å². The van der Waals surface area contributed by atoms with Gasteiger partial charge in [0.1, 0.15) is 0 Å². The van der Waals surface area contributed by atoms with Gasteiger partial charge in [-0.3, -0.25) is 0 Å². The first-order chi connectivity index (χ1) is 16.5. The summed E-state index contributed by atoms with van der Waals surface area (Å²) in [6, 6.07) is 12.0. The maximum Gasteiger partial charge on any atom is 0.210 e. The van der Waals surface area contributed by atoms with Crippen LogP contribution in [0.25, 0.3) is 11.1 Å². The highest BCUT2D eigenvalue weighted by molar-refractivity contribution is 6.07. The third-order valence-electron chi connectivity index (χ3n) is 10.1. The summed E-state index contributed by atoms with van der Waals surface area (Å²) in [4.78, 5) is 0. The van der Waals surface area contributed by atoms with Crippen molar-refractivity contribution in [2.75, 3.05) is 0 Å². The first kappa shape index (κ1) is 24.5. The van der Waals surface area contributed by atoms with Gasteiger partial charge in [-0.25, -0.2) is 0 Å². The normalized spacial score (nSPS) is 24.7. The lowest BCUT2D eigenvalue weighted by molar-refractivity contribution is -0.758. The zero-order chi connectivity index (χ0) is 25.4. The Morgan fingerprint density at radius 2 is 1.60 bits per heavy atom. The average molecular weight is 469 g/mol. The third kappa shape index (κ3) is 3.15. The second kappa shape index (κ2) is 7.92. The van der Waals surface area contributed by atoms with Crippen molar-refractivity contribution in [3.8, 4) is 0 Å². The fourth-order valence-corrected chi connectivity index (χ4v) is 8.30. The summed E-state index contributed by atoms with van der Waals surface area (Å²) in [5, 5.41) is 0. The Balaban J connectivity index is 1.76. The summed E-state index contributed by atoms with van der Waals surface area (Å²) in [5.74, 6) is 0. The lowest BCUT2D eigenvalue weighted by atomic mass is 9.72. The standard InChI is InChI=1S/C34H46N/c1-10-13-15-18-33(9)22-31(5,6)26-20-24-25(21-27(26)33)32(7,8)30-28-17-14-16-19-35(28)34(11-2,12-3)23(4)29(24)30/h14,16-17,19-21H,4,10-13,15,18,22H2,1-3,5-9H3/q+1. The van der Waals surface area contributed by atoms with E-state index in [-0.39, 0.29) is 21.8 Å². The zero-order valence-corrected chi connectivity index (χ0v) is 23.6. The van der Waals surface area contributed by atoms with Crippen LogP contribution >= 0.6 is 0 Å². The number of allylic oxidation sites excluding steroid dienone is 3. The van der Waals surface area contributed by atoms with Crippen molar-refractivity contribution in [3.63, 3.8) is 0 Å². The summed E-state index contributed by atoms with van der Waals surface area (Å²) in [7, 11) is 0. The van der Waals surface area contributed by atoms with E-state index in [1.54, 1.807) is 11.1 Å². The summed E-state index contributed by atoms with van der Waals surface area (Å²) in [5.41, 5.74) is 12.2.